The largest absolute Gasteiger partial charge is 0.457 e. The fraction of sp³-hybridized carbons (Fsp3) is 0.500. The van der Waals surface area contributed by atoms with E-state index >= 15 is 0 Å². The smallest absolute Gasteiger partial charge is 0.373 e. The molecule has 2 heterocycles. The van der Waals surface area contributed by atoms with Crippen molar-refractivity contribution in [3.05, 3.63) is 76.4 Å². The van der Waals surface area contributed by atoms with Gasteiger partial charge in [0.25, 0.3) is 5.56 Å². The highest BCUT2D eigenvalue weighted by Crippen LogP contribution is 2.39. The second kappa shape index (κ2) is 14.7. The van der Waals surface area contributed by atoms with Crippen molar-refractivity contribution in [3.63, 3.8) is 0 Å². The van der Waals surface area contributed by atoms with Gasteiger partial charge in [-0.3, -0.25) is 9.48 Å². The zero-order valence-electron chi connectivity index (χ0n) is 22.3. The number of hydrogen-bond acceptors (Lipinski definition) is 8. The van der Waals surface area contributed by atoms with Crippen LogP contribution in [-0.2, 0) is 35.5 Å². The minimum Gasteiger partial charge on any atom is -0.457 e. The first-order valence-corrected chi connectivity index (χ1v) is 12.8. The van der Waals surface area contributed by atoms with E-state index in [1.165, 1.54) is 6.08 Å². The number of carbonyl (C=O) groups excluding carboxylic acids is 1. The van der Waals surface area contributed by atoms with Gasteiger partial charge >= 0.3 is 5.97 Å². The minimum absolute atomic E-state index is 0.00112. The average molecular weight is 531 g/mol. The van der Waals surface area contributed by atoms with E-state index in [0.717, 1.165) is 11.4 Å². The summed E-state index contributed by atoms with van der Waals surface area (Å²) in [5.41, 5.74) is 1.87. The molecule has 1 aliphatic heterocycles. The van der Waals surface area contributed by atoms with E-state index in [-0.39, 0.29) is 37.1 Å². The van der Waals surface area contributed by atoms with Crippen molar-refractivity contribution in [1.29, 1.82) is 0 Å². The number of hydrogen-bond donors (Lipinski definition) is 1. The van der Waals surface area contributed by atoms with E-state index in [0.29, 0.717) is 38.4 Å². The number of ether oxygens (including phenoxy) is 5. The van der Waals surface area contributed by atoms with Gasteiger partial charge in [-0.2, -0.15) is 0 Å². The zero-order chi connectivity index (χ0) is 27.5. The maximum Gasteiger partial charge on any atom is 0.373 e. The first-order valence-electron chi connectivity index (χ1n) is 12.8. The van der Waals surface area contributed by atoms with Gasteiger partial charge in [0.1, 0.15) is 6.61 Å². The van der Waals surface area contributed by atoms with Crippen LogP contribution >= 0.6 is 0 Å². The molecule has 3 rings (SSSR count). The molecule has 2 aromatic rings. The number of rotatable bonds is 15. The van der Waals surface area contributed by atoms with Crippen LogP contribution in [-0.4, -0.2) is 73.0 Å². The highest BCUT2D eigenvalue weighted by atomic mass is 16.7. The van der Waals surface area contributed by atoms with Crippen molar-refractivity contribution < 1.29 is 33.6 Å². The molecule has 1 aromatic heterocycles. The molecule has 0 saturated carbocycles. The number of aliphatic hydroxyl groups is 1. The van der Waals surface area contributed by atoms with Gasteiger partial charge in [-0.25, -0.2) is 9.48 Å². The van der Waals surface area contributed by atoms with Crippen LogP contribution in [0.15, 0.2) is 59.6 Å². The second-order valence-corrected chi connectivity index (χ2v) is 8.76. The van der Waals surface area contributed by atoms with Gasteiger partial charge in [-0.05, 0) is 38.5 Å². The summed E-state index contributed by atoms with van der Waals surface area (Å²) in [6.07, 6.45) is 2.85. The van der Waals surface area contributed by atoms with E-state index in [1.807, 2.05) is 55.9 Å². The number of aliphatic hydroxyl groups excluding tert-OH is 1. The highest BCUT2D eigenvalue weighted by Gasteiger charge is 2.41. The number of para-hydroxylation sites is 1. The van der Waals surface area contributed by atoms with Crippen LogP contribution in [0.3, 0.4) is 0 Å². The summed E-state index contributed by atoms with van der Waals surface area (Å²) in [5.74, 6) is -1.46. The number of nitrogens with zero attached hydrogens (tertiary/aromatic N) is 2. The Hall–Kier alpha value is -3.18. The molecule has 0 spiro atoms. The lowest BCUT2D eigenvalue weighted by atomic mass is 9.81. The molecular weight excluding hydrogens is 492 g/mol. The maximum atomic E-state index is 13.9. The molecule has 1 N–H and O–H groups in total. The predicted octanol–water partition coefficient (Wildman–Crippen LogP) is 2.61. The number of carbonyl (C=O) groups is 1. The second-order valence-electron chi connectivity index (χ2n) is 8.76. The van der Waals surface area contributed by atoms with Gasteiger partial charge in [0, 0.05) is 43.4 Å². The highest BCUT2D eigenvalue weighted by molar-refractivity contribution is 5.86. The van der Waals surface area contributed by atoms with E-state index < -0.39 is 18.2 Å². The Labute approximate surface area is 223 Å². The molecular formula is C28H38N2O8. The molecule has 10 nitrogen and oxygen atoms in total. The number of aromatic nitrogens is 2. The summed E-state index contributed by atoms with van der Waals surface area (Å²) < 4.78 is 31.6. The van der Waals surface area contributed by atoms with Gasteiger partial charge in [-0.15, -0.1) is 0 Å². The summed E-state index contributed by atoms with van der Waals surface area (Å²) >= 11 is 0. The first kappa shape index (κ1) is 29.4. The first-order chi connectivity index (χ1) is 18.4. The summed E-state index contributed by atoms with van der Waals surface area (Å²) in [6, 6.07) is 9.39. The molecule has 0 radical (unpaired) electrons. The quantitative estimate of drug-likeness (QED) is 0.213. The molecule has 10 heteroatoms. The molecule has 38 heavy (non-hydrogen) atoms. The van der Waals surface area contributed by atoms with Crippen molar-refractivity contribution in [2.24, 2.45) is 13.0 Å². The Morgan fingerprint density at radius 3 is 2.53 bits per heavy atom. The molecule has 208 valence electrons. The van der Waals surface area contributed by atoms with E-state index in [2.05, 4.69) is 6.58 Å². The van der Waals surface area contributed by atoms with Crippen LogP contribution in [0, 0.1) is 12.8 Å². The Kier molecular flexibility index (Phi) is 11.3. The summed E-state index contributed by atoms with van der Waals surface area (Å²) in [7, 11) is 1.83. The van der Waals surface area contributed by atoms with Gasteiger partial charge in [0.2, 0.25) is 12.0 Å². The Morgan fingerprint density at radius 1 is 1.16 bits per heavy atom. The Bertz CT molecular complexity index is 1140. The molecule has 1 aliphatic rings. The molecule has 3 atom stereocenters. The Morgan fingerprint density at radius 2 is 1.87 bits per heavy atom. The van der Waals surface area contributed by atoms with Gasteiger partial charge in [-0.1, -0.05) is 30.9 Å². The molecule has 0 amide bonds. The van der Waals surface area contributed by atoms with Crippen LogP contribution in [0.5, 0.6) is 0 Å². The van der Waals surface area contributed by atoms with E-state index in [1.54, 1.807) is 10.8 Å². The topological polar surface area (TPSA) is 110 Å². The summed E-state index contributed by atoms with van der Waals surface area (Å²) in [4.78, 5) is 26.7. The maximum absolute atomic E-state index is 13.9. The standard InChI is InChI=1S/C28H38N2O8/c1-5-14-37-27(33)24-19-23(22(28(38-24)36-6-2)12-15-34-17-18-35-16-13-31)25-20(3)29(4)30(26(25)32)21-10-8-7-9-11-21/h5,7-11,19,22-23,28,31H,1,6,12-18H2,2-4H3/t22-,23+,28-/m1/s1. The van der Waals surface area contributed by atoms with Crippen molar-refractivity contribution >= 4 is 5.97 Å². The zero-order valence-corrected chi connectivity index (χ0v) is 22.3. The van der Waals surface area contributed by atoms with E-state index in [4.69, 9.17) is 28.8 Å². The predicted molar refractivity (Wildman–Crippen MR) is 141 cm³/mol. The monoisotopic (exact) mass is 530 g/mol. The van der Waals surface area contributed by atoms with Crippen molar-refractivity contribution in [3.8, 4) is 5.69 Å². The third-order valence-corrected chi connectivity index (χ3v) is 6.38. The molecule has 0 fully saturated rings. The minimum atomic E-state index is -0.792. The van der Waals surface area contributed by atoms with Crippen molar-refractivity contribution in [2.75, 3.05) is 46.2 Å². The van der Waals surface area contributed by atoms with E-state index in [9.17, 15) is 9.59 Å². The molecule has 0 aliphatic carbocycles. The summed E-state index contributed by atoms with van der Waals surface area (Å²) in [6.45, 7) is 8.98. The summed E-state index contributed by atoms with van der Waals surface area (Å²) in [5, 5.41) is 8.84. The number of allylic oxidation sites excluding steroid dienone is 1. The lowest BCUT2D eigenvalue weighted by molar-refractivity contribution is -0.176. The SMILES string of the molecule is C=CCOC(=O)C1=C[C@H](c2c(C)n(C)n(-c3ccccc3)c2=O)[C@@H](CCOCCOCCO)[C@H](OCC)O1. The van der Waals surface area contributed by atoms with Crippen LogP contribution in [0.25, 0.3) is 5.69 Å². The third-order valence-electron chi connectivity index (χ3n) is 6.38. The van der Waals surface area contributed by atoms with Crippen molar-refractivity contribution in [1.82, 2.24) is 9.36 Å². The molecule has 0 bridgehead atoms. The van der Waals surface area contributed by atoms with Gasteiger partial charge in [0.05, 0.1) is 32.1 Å². The van der Waals surface area contributed by atoms with Crippen molar-refractivity contribution in [2.45, 2.75) is 32.5 Å². The molecule has 0 saturated heterocycles. The third kappa shape index (κ3) is 7.02. The van der Waals surface area contributed by atoms with Crippen LogP contribution in [0.2, 0.25) is 0 Å². The molecule has 1 aromatic carbocycles. The van der Waals surface area contributed by atoms with Gasteiger partial charge in [0.15, 0.2) is 0 Å². The fourth-order valence-corrected chi connectivity index (χ4v) is 4.54. The Balaban J connectivity index is 1.99. The lowest BCUT2D eigenvalue weighted by Gasteiger charge is -2.36. The average Bonchev–Trinajstić information content (AvgIpc) is 3.15. The van der Waals surface area contributed by atoms with Gasteiger partial charge < -0.3 is 28.8 Å². The van der Waals surface area contributed by atoms with Crippen LogP contribution in [0.1, 0.15) is 30.5 Å². The number of esters is 1. The van der Waals surface area contributed by atoms with Crippen LogP contribution in [0.4, 0.5) is 0 Å². The normalized spacial score (nSPS) is 19.1. The number of benzene rings is 1. The fourth-order valence-electron chi connectivity index (χ4n) is 4.54. The molecule has 0 unspecified atom stereocenters. The lowest BCUT2D eigenvalue weighted by Crippen LogP contribution is -2.39. The van der Waals surface area contributed by atoms with Crippen LogP contribution < -0.4 is 5.56 Å².